The normalized spacial score (nSPS) is 15.2. The van der Waals surface area contributed by atoms with E-state index in [2.05, 4.69) is 4.90 Å². The molecule has 17 heavy (non-hydrogen) atoms. The quantitative estimate of drug-likeness (QED) is 0.762. The summed E-state index contributed by atoms with van der Waals surface area (Å²) in [5.74, 6) is -0.146. The van der Waals surface area contributed by atoms with E-state index in [4.69, 9.17) is 10.8 Å². The first-order valence-electron chi connectivity index (χ1n) is 5.87. The molecule has 0 amide bonds. The molecule has 1 aliphatic carbocycles. The average molecular weight is 234 g/mol. The number of hydrogen-bond acceptors (Lipinski definition) is 3. The zero-order chi connectivity index (χ0) is 12.4. The molecule has 0 spiro atoms. The molecular weight excluding hydrogens is 216 g/mol. The van der Waals surface area contributed by atoms with Crippen LogP contribution in [0.25, 0.3) is 0 Å². The van der Waals surface area contributed by atoms with Crippen molar-refractivity contribution in [3.8, 4) is 0 Å². The number of aromatic carboxylic acids is 1. The lowest BCUT2D eigenvalue weighted by molar-refractivity contribution is 0.0696. The second-order valence-electron chi connectivity index (χ2n) is 4.83. The van der Waals surface area contributed by atoms with E-state index in [1.165, 1.54) is 12.8 Å². The van der Waals surface area contributed by atoms with Gasteiger partial charge in [0.15, 0.2) is 0 Å². The second kappa shape index (κ2) is 4.75. The van der Waals surface area contributed by atoms with Crippen LogP contribution in [0.2, 0.25) is 0 Å². The minimum atomic E-state index is -0.946. The number of carbonyl (C=O) groups is 1. The molecule has 0 radical (unpaired) electrons. The maximum absolute atomic E-state index is 11.2. The molecule has 0 bridgehead atoms. The van der Waals surface area contributed by atoms with E-state index < -0.39 is 5.97 Å². The number of nitrogens with zero attached hydrogens (tertiary/aromatic N) is 1. The summed E-state index contributed by atoms with van der Waals surface area (Å²) >= 11 is 0. The molecule has 1 aromatic rings. The molecule has 1 saturated carbocycles. The summed E-state index contributed by atoms with van der Waals surface area (Å²) in [7, 11) is 2.02. The largest absolute Gasteiger partial charge is 0.478 e. The van der Waals surface area contributed by atoms with Crippen LogP contribution in [0.5, 0.6) is 0 Å². The van der Waals surface area contributed by atoms with Crippen LogP contribution in [0.15, 0.2) is 18.2 Å². The van der Waals surface area contributed by atoms with Gasteiger partial charge in [0.25, 0.3) is 0 Å². The number of carboxylic acid groups (broad SMARTS) is 1. The van der Waals surface area contributed by atoms with E-state index in [1.807, 2.05) is 19.2 Å². The summed E-state index contributed by atoms with van der Waals surface area (Å²) < 4.78 is 0. The van der Waals surface area contributed by atoms with Crippen LogP contribution in [0, 0.1) is 5.92 Å². The first-order valence-corrected chi connectivity index (χ1v) is 5.87. The lowest BCUT2D eigenvalue weighted by atomic mass is 10.1. The van der Waals surface area contributed by atoms with Crippen molar-refractivity contribution in [1.82, 2.24) is 4.90 Å². The highest BCUT2D eigenvalue weighted by atomic mass is 16.4. The Kier molecular flexibility index (Phi) is 3.33. The van der Waals surface area contributed by atoms with Crippen molar-refractivity contribution in [2.45, 2.75) is 19.4 Å². The van der Waals surface area contributed by atoms with E-state index in [-0.39, 0.29) is 5.56 Å². The van der Waals surface area contributed by atoms with Gasteiger partial charge in [-0.3, -0.25) is 0 Å². The lowest BCUT2D eigenvalue weighted by Crippen LogP contribution is -2.22. The average Bonchev–Trinajstić information content (AvgIpc) is 3.00. The number of anilines is 1. The summed E-state index contributed by atoms with van der Waals surface area (Å²) in [6, 6.07) is 5.28. The van der Waals surface area contributed by atoms with Gasteiger partial charge in [-0.1, -0.05) is 12.1 Å². The fraction of sp³-hybridized carbons (Fsp3) is 0.462. The molecule has 4 heteroatoms. The van der Waals surface area contributed by atoms with Gasteiger partial charge in [-0.25, -0.2) is 4.79 Å². The predicted molar refractivity (Wildman–Crippen MR) is 66.9 cm³/mol. The van der Waals surface area contributed by atoms with Gasteiger partial charge < -0.3 is 15.7 Å². The highest BCUT2D eigenvalue weighted by molar-refractivity contribution is 5.95. The van der Waals surface area contributed by atoms with Crippen LogP contribution in [0.3, 0.4) is 0 Å². The molecule has 0 heterocycles. The Hall–Kier alpha value is -1.55. The summed E-state index contributed by atoms with van der Waals surface area (Å²) in [4.78, 5) is 13.3. The Morgan fingerprint density at radius 2 is 2.24 bits per heavy atom. The molecule has 0 saturated heterocycles. The molecule has 92 valence electrons. The third-order valence-corrected chi connectivity index (χ3v) is 3.10. The Morgan fingerprint density at radius 1 is 1.53 bits per heavy atom. The molecule has 1 fully saturated rings. The maximum Gasteiger partial charge on any atom is 0.338 e. The van der Waals surface area contributed by atoms with E-state index in [0.717, 1.165) is 18.0 Å². The summed E-state index contributed by atoms with van der Waals surface area (Å²) in [5, 5.41) is 9.16. The molecule has 0 aromatic heterocycles. The summed E-state index contributed by atoms with van der Waals surface area (Å²) in [5.41, 5.74) is 7.09. The number of benzene rings is 1. The number of nitrogen functional groups attached to an aromatic ring is 1. The van der Waals surface area contributed by atoms with Gasteiger partial charge >= 0.3 is 5.97 Å². The maximum atomic E-state index is 11.2. The molecule has 1 aromatic carbocycles. The van der Waals surface area contributed by atoms with Crippen LogP contribution >= 0.6 is 0 Å². The number of hydrogen-bond donors (Lipinski definition) is 2. The fourth-order valence-electron chi connectivity index (χ4n) is 2.11. The molecule has 0 atom stereocenters. The summed E-state index contributed by atoms with van der Waals surface area (Å²) in [6.07, 6.45) is 2.60. The van der Waals surface area contributed by atoms with E-state index in [0.29, 0.717) is 12.2 Å². The lowest BCUT2D eigenvalue weighted by Gasteiger charge is -2.18. The smallest absolute Gasteiger partial charge is 0.338 e. The van der Waals surface area contributed by atoms with Crippen LogP contribution in [-0.2, 0) is 6.54 Å². The van der Waals surface area contributed by atoms with Gasteiger partial charge in [-0.15, -0.1) is 0 Å². The van der Waals surface area contributed by atoms with Crippen molar-refractivity contribution in [1.29, 1.82) is 0 Å². The summed E-state index contributed by atoms with van der Waals surface area (Å²) in [6.45, 7) is 1.68. The number of carboxylic acids is 1. The Bertz CT molecular complexity index is 427. The van der Waals surface area contributed by atoms with Crippen molar-refractivity contribution in [3.05, 3.63) is 29.3 Å². The van der Waals surface area contributed by atoms with Crippen molar-refractivity contribution in [3.63, 3.8) is 0 Å². The molecule has 0 aliphatic heterocycles. The standard InChI is InChI=1S/C13H18N2O2/c1-15(7-9-5-6-9)8-10-3-2-4-11(14)12(10)13(16)17/h2-4,9H,5-8,14H2,1H3,(H,16,17). The van der Waals surface area contributed by atoms with Gasteiger partial charge in [0.1, 0.15) is 0 Å². The molecule has 3 N–H and O–H groups in total. The van der Waals surface area contributed by atoms with E-state index in [9.17, 15) is 4.79 Å². The van der Waals surface area contributed by atoms with Crippen molar-refractivity contribution < 1.29 is 9.90 Å². The van der Waals surface area contributed by atoms with Crippen LogP contribution in [0.1, 0.15) is 28.8 Å². The van der Waals surface area contributed by atoms with Gasteiger partial charge in [0, 0.05) is 18.8 Å². The highest BCUT2D eigenvalue weighted by Gasteiger charge is 2.23. The monoisotopic (exact) mass is 234 g/mol. The Labute approximate surface area is 101 Å². The van der Waals surface area contributed by atoms with Crippen LogP contribution in [-0.4, -0.2) is 29.6 Å². The zero-order valence-electron chi connectivity index (χ0n) is 10.0. The predicted octanol–water partition coefficient (Wildman–Crippen LogP) is 1.81. The van der Waals surface area contributed by atoms with E-state index in [1.54, 1.807) is 6.07 Å². The molecule has 0 unspecified atom stereocenters. The van der Waals surface area contributed by atoms with Crippen molar-refractivity contribution in [2.75, 3.05) is 19.3 Å². The molecule has 1 aliphatic rings. The zero-order valence-corrected chi connectivity index (χ0v) is 10.0. The highest BCUT2D eigenvalue weighted by Crippen LogP contribution is 2.30. The van der Waals surface area contributed by atoms with Gasteiger partial charge in [0.05, 0.1) is 5.56 Å². The molecule has 2 rings (SSSR count). The second-order valence-corrected chi connectivity index (χ2v) is 4.83. The first-order chi connectivity index (χ1) is 8.08. The minimum Gasteiger partial charge on any atom is -0.478 e. The van der Waals surface area contributed by atoms with Crippen molar-refractivity contribution in [2.24, 2.45) is 5.92 Å². The Morgan fingerprint density at radius 3 is 2.82 bits per heavy atom. The minimum absolute atomic E-state index is 0.246. The van der Waals surface area contributed by atoms with Crippen LogP contribution < -0.4 is 5.73 Å². The van der Waals surface area contributed by atoms with Gasteiger partial charge in [0.2, 0.25) is 0 Å². The van der Waals surface area contributed by atoms with Crippen molar-refractivity contribution >= 4 is 11.7 Å². The van der Waals surface area contributed by atoms with Gasteiger partial charge in [-0.2, -0.15) is 0 Å². The number of nitrogens with two attached hydrogens (primary N) is 1. The Balaban J connectivity index is 2.13. The first kappa shape index (κ1) is 11.9. The molecule has 4 nitrogen and oxygen atoms in total. The molecular formula is C13H18N2O2. The third-order valence-electron chi connectivity index (χ3n) is 3.10. The third kappa shape index (κ3) is 2.97. The fourth-order valence-corrected chi connectivity index (χ4v) is 2.11. The topological polar surface area (TPSA) is 66.6 Å². The van der Waals surface area contributed by atoms with Gasteiger partial charge in [-0.05, 0) is 37.4 Å². The SMILES string of the molecule is CN(Cc1cccc(N)c1C(=O)O)CC1CC1. The van der Waals surface area contributed by atoms with Crippen LogP contribution in [0.4, 0.5) is 5.69 Å². The number of rotatable bonds is 5. The van der Waals surface area contributed by atoms with E-state index >= 15 is 0 Å².